The van der Waals surface area contributed by atoms with Crippen molar-refractivity contribution in [2.75, 3.05) is 25.4 Å². The van der Waals surface area contributed by atoms with Gasteiger partial charge in [0.15, 0.2) is 0 Å². The molecule has 1 aliphatic carbocycles. The molecule has 0 spiro atoms. The number of thioether (sulfide) groups is 1. The second kappa shape index (κ2) is 8.13. The van der Waals surface area contributed by atoms with Crippen LogP contribution in [0.5, 0.6) is 0 Å². The second-order valence-electron chi connectivity index (χ2n) is 5.66. The maximum absolute atomic E-state index is 11.7. The lowest BCUT2D eigenvalue weighted by Crippen LogP contribution is -2.49. The average Bonchev–Trinajstić information content (AvgIpc) is 2.88. The summed E-state index contributed by atoms with van der Waals surface area (Å²) in [6.45, 7) is 6.23. The number of hydrogen-bond acceptors (Lipinski definition) is 4. The monoisotopic (exact) mass is 300 g/mol. The Hall–Kier alpha value is -0.420. The van der Waals surface area contributed by atoms with Crippen molar-refractivity contribution in [3.63, 3.8) is 0 Å². The highest BCUT2D eigenvalue weighted by Crippen LogP contribution is 2.30. The normalized spacial score (nSPS) is 27.8. The molecule has 0 aromatic rings. The Bertz CT molecular complexity index is 306. The molecule has 1 aliphatic heterocycles. The fourth-order valence-electron chi connectivity index (χ4n) is 3.28. The summed E-state index contributed by atoms with van der Waals surface area (Å²) in [7, 11) is 0. The molecule has 2 aliphatic rings. The van der Waals surface area contributed by atoms with Gasteiger partial charge in [-0.15, -0.1) is 0 Å². The first-order valence-corrected chi connectivity index (χ1v) is 9.08. The maximum atomic E-state index is 11.7. The Morgan fingerprint density at radius 3 is 2.65 bits per heavy atom. The van der Waals surface area contributed by atoms with E-state index in [0.29, 0.717) is 18.7 Å². The number of carbonyl (C=O) groups is 1. The quantitative estimate of drug-likeness (QED) is 0.848. The van der Waals surface area contributed by atoms with Gasteiger partial charge in [0.1, 0.15) is 0 Å². The van der Waals surface area contributed by atoms with Crippen molar-refractivity contribution in [2.24, 2.45) is 0 Å². The predicted octanol–water partition coefficient (Wildman–Crippen LogP) is 2.87. The third-order valence-corrected chi connectivity index (χ3v) is 5.63. The van der Waals surface area contributed by atoms with Gasteiger partial charge in [-0.25, -0.2) is 4.79 Å². The van der Waals surface area contributed by atoms with Gasteiger partial charge in [0.2, 0.25) is 0 Å². The Balaban J connectivity index is 1.72. The zero-order valence-electron chi connectivity index (χ0n) is 12.8. The fraction of sp³-hybridized carbons (Fsp3) is 0.933. The van der Waals surface area contributed by atoms with Crippen molar-refractivity contribution in [1.82, 2.24) is 10.2 Å². The largest absolute Gasteiger partial charge is 0.450 e. The van der Waals surface area contributed by atoms with Crippen LogP contribution in [-0.2, 0) is 4.74 Å². The van der Waals surface area contributed by atoms with E-state index in [4.69, 9.17) is 4.74 Å². The van der Waals surface area contributed by atoms with Gasteiger partial charge in [-0.05, 0) is 38.4 Å². The summed E-state index contributed by atoms with van der Waals surface area (Å²) in [6.07, 6.45) is 5.99. The van der Waals surface area contributed by atoms with Crippen LogP contribution in [0.25, 0.3) is 0 Å². The maximum Gasteiger partial charge on any atom is 0.409 e. The number of hydrogen-bond donors (Lipinski definition) is 1. The minimum absolute atomic E-state index is 0.147. The summed E-state index contributed by atoms with van der Waals surface area (Å²) < 4.78 is 5.06. The summed E-state index contributed by atoms with van der Waals surface area (Å²) in [5.41, 5.74) is 0. The van der Waals surface area contributed by atoms with E-state index in [9.17, 15) is 4.79 Å². The van der Waals surface area contributed by atoms with E-state index in [0.717, 1.165) is 31.2 Å². The molecular formula is C15H28N2O2S. The molecular weight excluding hydrogens is 272 g/mol. The molecule has 1 heterocycles. The lowest BCUT2D eigenvalue weighted by atomic mass is 10.0. The van der Waals surface area contributed by atoms with Crippen LogP contribution >= 0.6 is 11.8 Å². The van der Waals surface area contributed by atoms with Crippen LogP contribution < -0.4 is 5.32 Å². The Morgan fingerprint density at radius 2 is 2.00 bits per heavy atom. The van der Waals surface area contributed by atoms with Crippen molar-refractivity contribution >= 4 is 17.9 Å². The van der Waals surface area contributed by atoms with Crippen LogP contribution in [0, 0.1) is 0 Å². The van der Waals surface area contributed by atoms with E-state index < -0.39 is 0 Å². The molecule has 0 aromatic heterocycles. The SMILES string of the molecule is CCOC(=O)N1CCC(NC2CCCC2SCC)CC1. The molecule has 0 bridgehead atoms. The van der Waals surface area contributed by atoms with E-state index in [1.807, 2.05) is 11.8 Å². The Morgan fingerprint density at radius 1 is 1.25 bits per heavy atom. The van der Waals surface area contributed by atoms with Gasteiger partial charge in [-0.2, -0.15) is 11.8 Å². The van der Waals surface area contributed by atoms with Crippen molar-refractivity contribution in [3.8, 4) is 0 Å². The number of nitrogens with zero attached hydrogens (tertiary/aromatic N) is 1. The highest BCUT2D eigenvalue weighted by atomic mass is 32.2. The Labute approximate surface area is 127 Å². The highest BCUT2D eigenvalue weighted by Gasteiger charge is 2.31. The van der Waals surface area contributed by atoms with Gasteiger partial charge in [0, 0.05) is 30.4 Å². The van der Waals surface area contributed by atoms with E-state index in [1.54, 1.807) is 0 Å². The van der Waals surface area contributed by atoms with Gasteiger partial charge < -0.3 is 15.0 Å². The minimum atomic E-state index is -0.147. The second-order valence-corrected chi connectivity index (χ2v) is 7.17. The van der Waals surface area contributed by atoms with E-state index in [1.165, 1.54) is 25.0 Å². The molecule has 1 saturated heterocycles. The van der Waals surface area contributed by atoms with Gasteiger partial charge in [0.25, 0.3) is 0 Å². The number of likely N-dealkylation sites (tertiary alicyclic amines) is 1. The molecule has 116 valence electrons. The Kier molecular flexibility index (Phi) is 6.49. The van der Waals surface area contributed by atoms with Crippen LogP contribution in [0.4, 0.5) is 4.79 Å². The highest BCUT2D eigenvalue weighted by molar-refractivity contribution is 7.99. The number of nitrogens with one attached hydrogen (secondary N) is 1. The van der Waals surface area contributed by atoms with Crippen molar-refractivity contribution in [2.45, 2.75) is 63.3 Å². The fourth-order valence-corrected chi connectivity index (χ4v) is 4.48. The zero-order valence-corrected chi connectivity index (χ0v) is 13.6. The summed E-state index contributed by atoms with van der Waals surface area (Å²) in [4.78, 5) is 13.5. The molecule has 4 nitrogen and oxygen atoms in total. The molecule has 2 fully saturated rings. The standard InChI is InChI=1S/C15H28N2O2S/c1-3-19-15(18)17-10-8-12(9-11-17)16-13-6-5-7-14(13)20-4-2/h12-14,16H,3-11H2,1-2H3. The minimum Gasteiger partial charge on any atom is -0.450 e. The smallest absolute Gasteiger partial charge is 0.409 e. The summed E-state index contributed by atoms with van der Waals surface area (Å²) in [5, 5.41) is 4.64. The number of piperidine rings is 1. The molecule has 2 atom stereocenters. The van der Waals surface area contributed by atoms with E-state index in [-0.39, 0.29) is 6.09 Å². The number of rotatable bonds is 5. The number of amides is 1. The van der Waals surface area contributed by atoms with E-state index >= 15 is 0 Å². The summed E-state index contributed by atoms with van der Waals surface area (Å²) in [6, 6.07) is 1.25. The lowest BCUT2D eigenvalue weighted by Gasteiger charge is -2.34. The van der Waals surface area contributed by atoms with Gasteiger partial charge >= 0.3 is 6.09 Å². The lowest BCUT2D eigenvalue weighted by molar-refractivity contribution is 0.0943. The number of ether oxygens (including phenoxy) is 1. The third-order valence-electron chi connectivity index (χ3n) is 4.30. The molecule has 1 N–H and O–H groups in total. The van der Waals surface area contributed by atoms with Gasteiger partial charge in [-0.1, -0.05) is 13.3 Å². The van der Waals surface area contributed by atoms with Crippen LogP contribution in [0.2, 0.25) is 0 Å². The average molecular weight is 300 g/mol. The zero-order chi connectivity index (χ0) is 14.4. The van der Waals surface area contributed by atoms with Crippen molar-refractivity contribution in [3.05, 3.63) is 0 Å². The van der Waals surface area contributed by atoms with E-state index in [2.05, 4.69) is 24.0 Å². The molecule has 0 radical (unpaired) electrons. The molecule has 0 aromatic carbocycles. The summed E-state index contributed by atoms with van der Waals surface area (Å²) >= 11 is 2.10. The summed E-state index contributed by atoms with van der Waals surface area (Å²) in [5.74, 6) is 1.21. The first kappa shape index (κ1) is 16.0. The molecule has 1 amide bonds. The van der Waals surface area contributed by atoms with Crippen LogP contribution in [0.15, 0.2) is 0 Å². The van der Waals surface area contributed by atoms with Crippen molar-refractivity contribution < 1.29 is 9.53 Å². The van der Waals surface area contributed by atoms with Crippen LogP contribution in [0.1, 0.15) is 46.0 Å². The first-order chi connectivity index (χ1) is 9.74. The van der Waals surface area contributed by atoms with Gasteiger partial charge in [0.05, 0.1) is 6.61 Å². The topological polar surface area (TPSA) is 41.6 Å². The third kappa shape index (κ3) is 4.29. The first-order valence-electron chi connectivity index (χ1n) is 8.04. The molecule has 2 rings (SSSR count). The van der Waals surface area contributed by atoms with Gasteiger partial charge in [-0.3, -0.25) is 0 Å². The molecule has 20 heavy (non-hydrogen) atoms. The molecule has 2 unspecified atom stereocenters. The molecule has 5 heteroatoms. The van der Waals surface area contributed by atoms with Crippen LogP contribution in [0.3, 0.4) is 0 Å². The van der Waals surface area contributed by atoms with Crippen LogP contribution in [-0.4, -0.2) is 53.8 Å². The van der Waals surface area contributed by atoms with Crippen molar-refractivity contribution in [1.29, 1.82) is 0 Å². The molecule has 1 saturated carbocycles. The number of carbonyl (C=O) groups excluding carboxylic acids is 1. The predicted molar refractivity (Wildman–Crippen MR) is 84.3 cm³/mol.